The molecule has 0 spiro atoms. The molecule has 0 bridgehead atoms. The fourth-order valence-electron chi connectivity index (χ4n) is 3.37. The summed E-state index contributed by atoms with van der Waals surface area (Å²) in [5.41, 5.74) is 1.22. The SMILES string of the molecule is COCCn1ccc2c(OC3CCN(C(C)C)CC3)cccc21. The van der Waals surface area contributed by atoms with Crippen molar-refractivity contribution in [2.45, 2.75) is 45.4 Å². The zero-order valence-electron chi connectivity index (χ0n) is 14.5. The second-order valence-electron chi connectivity index (χ2n) is 6.64. The Bertz CT molecular complexity index is 627. The zero-order valence-corrected chi connectivity index (χ0v) is 14.5. The highest BCUT2D eigenvalue weighted by Crippen LogP contribution is 2.29. The maximum absolute atomic E-state index is 6.34. The van der Waals surface area contributed by atoms with Crippen LogP contribution in [-0.4, -0.2) is 48.4 Å². The van der Waals surface area contributed by atoms with Gasteiger partial charge in [-0.3, -0.25) is 0 Å². The predicted molar refractivity (Wildman–Crippen MR) is 94.2 cm³/mol. The molecule has 1 aliphatic rings. The maximum atomic E-state index is 6.34. The zero-order chi connectivity index (χ0) is 16.2. The molecule has 2 aromatic rings. The van der Waals surface area contributed by atoms with Crippen molar-refractivity contribution in [2.75, 3.05) is 26.8 Å². The Balaban J connectivity index is 1.70. The van der Waals surface area contributed by atoms with Crippen molar-refractivity contribution in [2.24, 2.45) is 0 Å². The van der Waals surface area contributed by atoms with Gasteiger partial charge in [-0.1, -0.05) is 6.07 Å². The molecule has 0 aliphatic carbocycles. The summed E-state index contributed by atoms with van der Waals surface area (Å²) in [6.45, 7) is 8.40. The number of methoxy groups -OCH3 is 1. The first-order chi connectivity index (χ1) is 11.2. The summed E-state index contributed by atoms with van der Waals surface area (Å²) in [5, 5.41) is 1.20. The normalized spacial score (nSPS) is 17.2. The molecule has 1 aromatic carbocycles. The summed E-state index contributed by atoms with van der Waals surface area (Å²) in [6.07, 6.45) is 4.67. The van der Waals surface area contributed by atoms with Crippen molar-refractivity contribution in [3.8, 4) is 5.75 Å². The molecule has 3 rings (SSSR count). The van der Waals surface area contributed by atoms with E-state index in [2.05, 4.69) is 53.8 Å². The number of likely N-dealkylation sites (tertiary alicyclic amines) is 1. The third-order valence-electron chi connectivity index (χ3n) is 4.81. The minimum atomic E-state index is 0.331. The van der Waals surface area contributed by atoms with E-state index in [-0.39, 0.29) is 0 Å². The molecule has 126 valence electrons. The Kier molecular flexibility index (Phi) is 5.23. The van der Waals surface area contributed by atoms with Gasteiger partial charge in [-0.25, -0.2) is 0 Å². The number of aromatic nitrogens is 1. The molecule has 4 nitrogen and oxygen atoms in total. The highest BCUT2D eigenvalue weighted by Gasteiger charge is 2.22. The summed E-state index contributed by atoms with van der Waals surface area (Å²) >= 11 is 0. The molecule has 0 amide bonds. The second-order valence-corrected chi connectivity index (χ2v) is 6.64. The lowest BCUT2D eigenvalue weighted by Gasteiger charge is -2.34. The van der Waals surface area contributed by atoms with Gasteiger partial charge >= 0.3 is 0 Å². The van der Waals surface area contributed by atoms with Crippen LogP contribution < -0.4 is 4.74 Å². The summed E-state index contributed by atoms with van der Waals surface area (Å²) in [4.78, 5) is 2.53. The Morgan fingerprint density at radius 2 is 1.96 bits per heavy atom. The average molecular weight is 316 g/mol. The Morgan fingerprint density at radius 3 is 2.65 bits per heavy atom. The lowest BCUT2D eigenvalue weighted by molar-refractivity contribution is 0.0853. The average Bonchev–Trinajstić information content (AvgIpc) is 2.97. The van der Waals surface area contributed by atoms with E-state index in [1.165, 1.54) is 10.9 Å². The van der Waals surface area contributed by atoms with Crippen LogP contribution in [0.25, 0.3) is 10.9 Å². The van der Waals surface area contributed by atoms with Gasteiger partial charge in [-0.05, 0) is 44.9 Å². The Labute approximate surface area is 139 Å². The quantitative estimate of drug-likeness (QED) is 0.815. The predicted octanol–water partition coefficient (Wildman–Crippen LogP) is 3.54. The van der Waals surface area contributed by atoms with E-state index in [4.69, 9.17) is 9.47 Å². The number of hydrogen-bond acceptors (Lipinski definition) is 3. The van der Waals surface area contributed by atoms with Crippen molar-refractivity contribution < 1.29 is 9.47 Å². The van der Waals surface area contributed by atoms with Crippen LogP contribution in [0.2, 0.25) is 0 Å². The summed E-state index contributed by atoms with van der Waals surface area (Å²) in [7, 11) is 1.74. The lowest BCUT2D eigenvalue weighted by atomic mass is 10.1. The van der Waals surface area contributed by atoms with Crippen LogP contribution in [0.5, 0.6) is 5.75 Å². The van der Waals surface area contributed by atoms with Crippen LogP contribution in [0.3, 0.4) is 0 Å². The molecular weight excluding hydrogens is 288 g/mol. The highest BCUT2D eigenvalue weighted by molar-refractivity contribution is 5.86. The van der Waals surface area contributed by atoms with Crippen molar-refractivity contribution in [3.63, 3.8) is 0 Å². The van der Waals surface area contributed by atoms with Gasteiger partial charge in [-0.15, -0.1) is 0 Å². The molecule has 1 aromatic heterocycles. The molecule has 0 radical (unpaired) electrons. The summed E-state index contributed by atoms with van der Waals surface area (Å²) in [6, 6.07) is 9.12. The molecular formula is C19H28N2O2. The number of benzene rings is 1. The van der Waals surface area contributed by atoms with E-state index >= 15 is 0 Å². The van der Waals surface area contributed by atoms with Crippen molar-refractivity contribution in [1.29, 1.82) is 0 Å². The van der Waals surface area contributed by atoms with E-state index in [9.17, 15) is 0 Å². The fraction of sp³-hybridized carbons (Fsp3) is 0.579. The summed E-state index contributed by atoms with van der Waals surface area (Å²) in [5.74, 6) is 1.02. The maximum Gasteiger partial charge on any atom is 0.129 e. The van der Waals surface area contributed by atoms with Crippen molar-refractivity contribution in [3.05, 3.63) is 30.5 Å². The van der Waals surface area contributed by atoms with Crippen LogP contribution >= 0.6 is 0 Å². The molecule has 0 N–H and O–H groups in total. The molecule has 1 aliphatic heterocycles. The summed E-state index contributed by atoms with van der Waals surface area (Å²) < 4.78 is 13.8. The van der Waals surface area contributed by atoms with Crippen LogP contribution in [0.4, 0.5) is 0 Å². The van der Waals surface area contributed by atoms with Gasteiger partial charge in [0.05, 0.1) is 12.1 Å². The third kappa shape index (κ3) is 3.70. The number of nitrogens with zero attached hydrogens (tertiary/aromatic N) is 2. The van der Waals surface area contributed by atoms with Gasteiger partial charge in [0.15, 0.2) is 0 Å². The molecule has 23 heavy (non-hydrogen) atoms. The smallest absolute Gasteiger partial charge is 0.129 e. The molecule has 2 heterocycles. The minimum absolute atomic E-state index is 0.331. The second kappa shape index (κ2) is 7.37. The molecule has 1 saturated heterocycles. The Hall–Kier alpha value is -1.52. The van der Waals surface area contributed by atoms with Gasteiger partial charge in [0.1, 0.15) is 11.9 Å². The Morgan fingerprint density at radius 1 is 1.17 bits per heavy atom. The molecule has 0 saturated carbocycles. The topological polar surface area (TPSA) is 26.6 Å². The first-order valence-corrected chi connectivity index (χ1v) is 8.66. The molecule has 0 atom stereocenters. The first kappa shape index (κ1) is 16.3. The van der Waals surface area contributed by atoms with Gasteiger partial charge in [0.2, 0.25) is 0 Å². The van der Waals surface area contributed by atoms with Gasteiger partial charge < -0.3 is 18.9 Å². The van der Waals surface area contributed by atoms with Crippen molar-refractivity contribution in [1.82, 2.24) is 9.47 Å². The standard InChI is InChI=1S/C19H28N2O2/c1-15(2)20-10-7-16(8-11-20)23-19-6-4-5-18-17(19)9-12-21(18)13-14-22-3/h4-6,9,12,15-16H,7-8,10-11,13-14H2,1-3H3. The van der Waals surface area contributed by atoms with Crippen LogP contribution in [0.15, 0.2) is 30.5 Å². The first-order valence-electron chi connectivity index (χ1n) is 8.66. The van der Waals surface area contributed by atoms with E-state index in [0.717, 1.165) is 44.8 Å². The number of rotatable bonds is 6. The van der Waals surface area contributed by atoms with Gasteiger partial charge in [0, 0.05) is 44.4 Å². The number of fused-ring (bicyclic) bond motifs is 1. The number of ether oxygens (including phenoxy) is 2. The monoisotopic (exact) mass is 316 g/mol. The van der Waals surface area contributed by atoms with E-state index < -0.39 is 0 Å². The lowest BCUT2D eigenvalue weighted by Crippen LogP contribution is -2.41. The van der Waals surface area contributed by atoms with E-state index in [1.807, 2.05) is 0 Å². The van der Waals surface area contributed by atoms with Gasteiger partial charge in [0.25, 0.3) is 0 Å². The van der Waals surface area contributed by atoms with Crippen LogP contribution in [-0.2, 0) is 11.3 Å². The highest BCUT2D eigenvalue weighted by atomic mass is 16.5. The third-order valence-corrected chi connectivity index (χ3v) is 4.81. The minimum Gasteiger partial charge on any atom is -0.490 e. The van der Waals surface area contributed by atoms with Crippen molar-refractivity contribution >= 4 is 10.9 Å². The molecule has 4 heteroatoms. The van der Waals surface area contributed by atoms with Gasteiger partial charge in [-0.2, -0.15) is 0 Å². The fourth-order valence-corrected chi connectivity index (χ4v) is 3.37. The van der Waals surface area contributed by atoms with E-state index in [0.29, 0.717) is 12.1 Å². The number of piperidine rings is 1. The van der Waals surface area contributed by atoms with Crippen LogP contribution in [0.1, 0.15) is 26.7 Å². The number of hydrogen-bond donors (Lipinski definition) is 0. The molecule has 0 unspecified atom stereocenters. The molecule has 1 fully saturated rings. The largest absolute Gasteiger partial charge is 0.490 e. The van der Waals surface area contributed by atoms with E-state index in [1.54, 1.807) is 7.11 Å². The van der Waals surface area contributed by atoms with Crippen LogP contribution in [0, 0.1) is 0 Å².